The third-order valence-electron chi connectivity index (χ3n) is 2.88. The van der Waals surface area contributed by atoms with E-state index < -0.39 is 0 Å². The molecule has 0 saturated carbocycles. The van der Waals surface area contributed by atoms with Crippen molar-refractivity contribution in [1.29, 1.82) is 0 Å². The Labute approximate surface area is 96.7 Å². The van der Waals surface area contributed by atoms with E-state index in [1.165, 1.54) is 22.5 Å². The van der Waals surface area contributed by atoms with Gasteiger partial charge in [0.15, 0.2) is 0 Å². The Hall–Kier alpha value is -1.38. The maximum absolute atomic E-state index is 4.62. The van der Waals surface area contributed by atoms with Gasteiger partial charge in [0.25, 0.3) is 0 Å². The summed E-state index contributed by atoms with van der Waals surface area (Å²) in [7, 11) is 0. The van der Waals surface area contributed by atoms with Gasteiger partial charge in [-0.1, -0.05) is 13.8 Å². The van der Waals surface area contributed by atoms with E-state index in [1.54, 1.807) is 0 Å². The third kappa shape index (κ3) is 2.40. The SMILES string of the molecule is CC(=NCC(C)C)C1=Cc2cn[nH]c2CC1. The van der Waals surface area contributed by atoms with Crippen molar-refractivity contribution in [2.24, 2.45) is 10.9 Å². The molecule has 0 spiro atoms. The largest absolute Gasteiger partial charge is 0.290 e. The Bertz CT molecular complexity index is 424. The van der Waals surface area contributed by atoms with Crippen LogP contribution in [0.5, 0.6) is 0 Å². The number of aromatic nitrogens is 2. The molecule has 0 saturated heterocycles. The monoisotopic (exact) mass is 217 g/mol. The van der Waals surface area contributed by atoms with Crippen molar-refractivity contribution in [2.45, 2.75) is 33.6 Å². The first-order valence-electron chi connectivity index (χ1n) is 5.91. The highest BCUT2D eigenvalue weighted by Gasteiger charge is 2.13. The normalized spacial score (nSPS) is 16.2. The number of nitrogens with one attached hydrogen (secondary N) is 1. The molecule has 86 valence electrons. The Morgan fingerprint density at radius 3 is 3.06 bits per heavy atom. The molecule has 1 heterocycles. The van der Waals surface area contributed by atoms with Gasteiger partial charge in [-0.25, -0.2) is 0 Å². The number of aliphatic imine (C=N–C) groups is 1. The molecule has 2 rings (SSSR count). The lowest BCUT2D eigenvalue weighted by Gasteiger charge is -2.13. The van der Waals surface area contributed by atoms with Gasteiger partial charge < -0.3 is 0 Å². The summed E-state index contributed by atoms with van der Waals surface area (Å²) < 4.78 is 0. The molecule has 0 atom stereocenters. The average Bonchev–Trinajstić information content (AvgIpc) is 2.72. The van der Waals surface area contributed by atoms with E-state index >= 15 is 0 Å². The predicted molar refractivity (Wildman–Crippen MR) is 67.7 cm³/mol. The quantitative estimate of drug-likeness (QED) is 0.777. The maximum Gasteiger partial charge on any atom is 0.0562 e. The van der Waals surface area contributed by atoms with Crippen LogP contribution in [0.2, 0.25) is 0 Å². The van der Waals surface area contributed by atoms with Crippen molar-refractivity contribution in [2.75, 3.05) is 6.54 Å². The molecule has 0 bridgehead atoms. The second kappa shape index (κ2) is 4.64. The zero-order chi connectivity index (χ0) is 11.5. The molecule has 1 aromatic rings. The predicted octanol–water partition coefficient (Wildman–Crippen LogP) is 2.86. The molecule has 0 aromatic carbocycles. The summed E-state index contributed by atoms with van der Waals surface area (Å²) >= 11 is 0. The molecular weight excluding hydrogens is 198 g/mol. The van der Waals surface area contributed by atoms with Gasteiger partial charge in [-0.2, -0.15) is 5.10 Å². The van der Waals surface area contributed by atoms with Crippen LogP contribution in [0, 0.1) is 5.92 Å². The van der Waals surface area contributed by atoms with Crippen LogP contribution in [0.25, 0.3) is 6.08 Å². The molecule has 3 nitrogen and oxygen atoms in total. The Balaban J connectivity index is 2.15. The highest BCUT2D eigenvalue weighted by atomic mass is 15.1. The summed E-state index contributed by atoms with van der Waals surface area (Å²) in [5, 5.41) is 7.10. The average molecular weight is 217 g/mol. The fraction of sp³-hybridized carbons (Fsp3) is 0.538. The molecule has 1 aliphatic carbocycles. The lowest BCUT2D eigenvalue weighted by molar-refractivity contribution is 0.665. The van der Waals surface area contributed by atoms with Gasteiger partial charge in [0.2, 0.25) is 0 Å². The Morgan fingerprint density at radius 1 is 1.50 bits per heavy atom. The summed E-state index contributed by atoms with van der Waals surface area (Å²) in [6.07, 6.45) is 6.23. The number of nitrogens with zero attached hydrogens (tertiary/aromatic N) is 2. The first kappa shape index (κ1) is 11.1. The van der Waals surface area contributed by atoms with Crippen molar-refractivity contribution in [3.8, 4) is 0 Å². The molecular formula is C13H19N3. The van der Waals surface area contributed by atoms with E-state index in [1.807, 2.05) is 6.20 Å². The van der Waals surface area contributed by atoms with Gasteiger partial charge in [-0.3, -0.25) is 10.1 Å². The molecule has 3 heteroatoms. The molecule has 0 fully saturated rings. The van der Waals surface area contributed by atoms with E-state index in [0.29, 0.717) is 5.92 Å². The summed E-state index contributed by atoms with van der Waals surface area (Å²) in [4.78, 5) is 4.62. The fourth-order valence-electron chi connectivity index (χ4n) is 1.87. The number of hydrogen-bond acceptors (Lipinski definition) is 2. The number of allylic oxidation sites excluding steroid dienone is 1. The summed E-state index contributed by atoms with van der Waals surface area (Å²) in [5.74, 6) is 0.628. The van der Waals surface area contributed by atoms with Crippen LogP contribution in [0.15, 0.2) is 16.8 Å². The van der Waals surface area contributed by atoms with Crippen LogP contribution in [0.3, 0.4) is 0 Å². The number of fused-ring (bicyclic) bond motifs is 1. The molecule has 0 radical (unpaired) electrons. The highest BCUT2D eigenvalue weighted by molar-refractivity contribution is 6.02. The molecule has 16 heavy (non-hydrogen) atoms. The first-order chi connectivity index (χ1) is 7.66. The second-order valence-electron chi connectivity index (χ2n) is 4.79. The summed E-state index contributed by atoms with van der Waals surface area (Å²) in [6, 6.07) is 0. The standard InChI is InChI=1S/C13H19N3/c1-9(2)7-14-10(3)11-4-5-13-12(6-11)8-15-16-13/h6,8-9H,4-5,7H2,1-3H3,(H,15,16). The van der Waals surface area contributed by atoms with Crippen molar-refractivity contribution >= 4 is 11.8 Å². The Kier molecular flexibility index (Phi) is 3.22. The van der Waals surface area contributed by atoms with Crippen LogP contribution in [0.4, 0.5) is 0 Å². The van der Waals surface area contributed by atoms with E-state index in [4.69, 9.17) is 0 Å². The number of aryl methyl sites for hydroxylation is 1. The van der Waals surface area contributed by atoms with E-state index in [-0.39, 0.29) is 0 Å². The smallest absolute Gasteiger partial charge is 0.0562 e. The highest BCUT2D eigenvalue weighted by Crippen LogP contribution is 2.22. The molecule has 0 unspecified atom stereocenters. The minimum Gasteiger partial charge on any atom is -0.290 e. The lowest BCUT2D eigenvalue weighted by Crippen LogP contribution is -2.07. The maximum atomic E-state index is 4.62. The summed E-state index contributed by atoms with van der Waals surface area (Å²) in [6.45, 7) is 7.42. The van der Waals surface area contributed by atoms with Crippen LogP contribution in [0.1, 0.15) is 38.4 Å². The Morgan fingerprint density at radius 2 is 2.31 bits per heavy atom. The molecule has 0 aliphatic heterocycles. The van der Waals surface area contributed by atoms with Gasteiger partial charge in [-0.05, 0) is 37.3 Å². The third-order valence-corrected chi connectivity index (χ3v) is 2.88. The van der Waals surface area contributed by atoms with Crippen LogP contribution in [-0.2, 0) is 6.42 Å². The number of aromatic amines is 1. The second-order valence-corrected chi connectivity index (χ2v) is 4.79. The fourth-order valence-corrected chi connectivity index (χ4v) is 1.87. The minimum absolute atomic E-state index is 0.628. The molecule has 1 aromatic heterocycles. The molecule has 0 amide bonds. The van der Waals surface area contributed by atoms with Gasteiger partial charge in [0.1, 0.15) is 0 Å². The topological polar surface area (TPSA) is 41.0 Å². The van der Waals surface area contributed by atoms with Crippen molar-refractivity contribution in [1.82, 2.24) is 10.2 Å². The van der Waals surface area contributed by atoms with Gasteiger partial charge in [0, 0.05) is 23.5 Å². The molecule has 1 aliphatic rings. The van der Waals surface area contributed by atoms with Crippen LogP contribution < -0.4 is 0 Å². The van der Waals surface area contributed by atoms with Gasteiger partial charge >= 0.3 is 0 Å². The van der Waals surface area contributed by atoms with Crippen LogP contribution in [-0.4, -0.2) is 22.5 Å². The zero-order valence-corrected chi connectivity index (χ0v) is 10.2. The van der Waals surface area contributed by atoms with Gasteiger partial charge in [-0.15, -0.1) is 0 Å². The summed E-state index contributed by atoms with van der Waals surface area (Å²) in [5.41, 5.74) is 5.01. The number of rotatable bonds is 3. The van der Waals surface area contributed by atoms with Gasteiger partial charge in [0.05, 0.1) is 6.20 Å². The minimum atomic E-state index is 0.628. The van der Waals surface area contributed by atoms with Crippen LogP contribution >= 0.6 is 0 Å². The lowest BCUT2D eigenvalue weighted by atomic mass is 9.95. The van der Waals surface area contributed by atoms with E-state index in [2.05, 4.69) is 42.0 Å². The number of hydrogen-bond donors (Lipinski definition) is 1. The zero-order valence-electron chi connectivity index (χ0n) is 10.2. The number of H-pyrrole nitrogens is 1. The van der Waals surface area contributed by atoms with Crippen molar-refractivity contribution in [3.05, 3.63) is 23.0 Å². The van der Waals surface area contributed by atoms with E-state index in [9.17, 15) is 0 Å². The van der Waals surface area contributed by atoms with Crippen molar-refractivity contribution in [3.63, 3.8) is 0 Å². The van der Waals surface area contributed by atoms with Crippen molar-refractivity contribution < 1.29 is 0 Å². The molecule has 1 N–H and O–H groups in total. The first-order valence-corrected chi connectivity index (χ1v) is 5.91. The van der Waals surface area contributed by atoms with E-state index in [0.717, 1.165) is 19.4 Å².